The lowest BCUT2D eigenvalue weighted by Crippen LogP contribution is -2.42. The minimum absolute atomic E-state index is 0.0674. The molecule has 2 heterocycles. The van der Waals surface area contributed by atoms with Crippen molar-refractivity contribution in [1.29, 1.82) is 0 Å². The van der Waals surface area contributed by atoms with Crippen molar-refractivity contribution in [3.05, 3.63) is 57.3 Å². The minimum Gasteiger partial charge on any atom is -0.488 e. The maximum Gasteiger partial charge on any atom is 0.263 e. The Bertz CT molecular complexity index is 966. The smallest absolute Gasteiger partial charge is 0.263 e. The van der Waals surface area contributed by atoms with Crippen molar-refractivity contribution in [3.63, 3.8) is 0 Å². The van der Waals surface area contributed by atoms with Crippen LogP contribution in [-0.4, -0.2) is 51.2 Å². The SMILES string of the molecule is Cc1cc(C)cc(O[C@@H]2C[C@@H]3CN(C(=O)c4cnc(C)[nH]c4=O)C[C@@H]3C[C@H]2O)c1. The van der Waals surface area contributed by atoms with E-state index >= 15 is 0 Å². The maximum absolute atomic E-state index is 12.8. The summed E-state index contributed by atoms with van der Waals surface area (Å²) in [5, 5.41) is 10.6. The predicted molar refractivity (Wildman–Crippen MR) is 108 cm³/mol. The van der Waals surface area contributed by atoms with Gasteiger partial charge in [0.1, 0.15) is 23.2 Å². The summed E-state index contributed by atoms with van der Waals surface area (Å²) in [6.07, 6.45) is 1.75. The van der Waals surface area contributed by atoms with Gasteiger partial charge in [0.15, 0.2) is 0 Å². The molecule has 0 unspecified atom stereocenters. The molecule has 29 heavy (non-hydrogen) atoms. The summed E-state index contributed by atoms with van der Waals surface area (Å²) in [6.45, 7) is 6.84. The molecule has 0 spiro atoms. The predicted octanol–water partition coefficient (Wildman–Crippen LogP) is 1.99. The number of H-pyrrole nitrogens is 1. The number of aryl methyl sites for hydroxylation is 3. The van der Waals surface area contributed by atoms with Crippen LogP contribution >= 0.6 is 0 Å². The second kappa shape index (κ2) is 7.63. The second-order valence-electron chi connectivity index (χ2n) is 8.46. The largest absolute Gasteiger partial charge is 0.488 e. The van der Waals surface area contributed by atoms with Crippen LogP contribution in [0.3, 0.4) is 0 Å². The highest BCUT2D eigenvalue weighted by molar-refractivity contribution is 5.93. The van der Waals surface area contributed by atoms with Gasteiger partial charge in [0.2, 0.25) is 0 Å². The standard InChI is InChI=1S/C22H27N3O4/c1-12-4-13(2)6-17(5-12)29-20-8-16-11-25(10-15(16)7-19(20)26)22(28)18-9-23-14(3)24-21(18)27/h4-6,9,15-16,19-20,26H,7-8,10-11H2,1-3H3,(H,23,24,27)/t15-,16+,19+,20+/m0/s1. The van der Waals surface area contributed by atoms with Crippen molar-refractivity contribution in [1.82, 2.24) is 14.9 Å². The van der Waals surface area contributed by atoms with Gasteiger partial charge < -0.3 is 19.7 Å². The van der Waals surface area contributed by atoms with E-state index in [1.54, 1.807) is 11.8 Å². The average Bonchev–Trinajstić information content (AvgIpc) is 3.03. The van der Waals surface area contributed by atoms with Crippen molar-refractivity contribution in [3.8, 4) is 5.75 Å². The monoisotopic (exact) mass is 397 g/mol. The lowest BCUT2D eigenvalue weighted by atomic mass is 9.78. The molecule has 1 saturated carbocycles. The first-order chi connectivity index (χ1) is 13.8. The van der Waals surface area contributed by atoms with Gasteiger partial charge in [0.25, 0.3) is 11.5 Å². The number of ether oxygens (including phenoxy) is 1. The topological polar surface area (TPSA) is 95.5 Å². The third-order valence-corrected chi connectivity index (χ3v) is 6.01. The van der Waals surface area contributed by atoms with Gasteiger partial charge in [-0.25, -0.2) is 4.98 Å². The summed E-state index contributed by atoms with van der Waals surface area (Å²) >= 11 is 0. The number of carbonyl (C=O) groups is 1. The molecule has 2 N–H and O–H groups in total. The Morgan fingerprint density at radius 3 is 2.45 bits per heavy atom. The van der Waals surface area contributed by atoms with E-state index in [2.05, 4.69) is 16.0 Å². The molecule has 0 bridgehead atoms. The molecule has 2 fully saturated rings. The molecule has 1 amide bonds. The van der Waals surface area contributed by atoms with E-state index in [0.29, 0.717) is 31.8 Å². The van der Waals surface area contributed by atoms with Crippen LogP contribution in [0.5, 0.6) is 5.75 Å². The molecule has 1 aromatic carbocycles. The number of aliphatic hydroxyl groups excluding tert-OH is 1. The molecular weight excluding hydrogens is 370 g/mol. The summed E-state index contributed by atoms with van der Waals surface area (Å²) in [5.41, 5.74) is 1.90. The van der Waals surface area contributed by atoms with Gasteiger partial charge in [-0.05, 0) is 68.7 Å². The highest BCUT2D eigenvalue weighted by atomic mass is 16.5. The Labute approximate surface area is 169 Å². The highest BCUT2D eigenvalue weighted by Gasteiger charge is 2.44. The van der Waals surface area contributed by atoms with Crippen molar-refractivity contribution in [2.24, 2.45) is 11.8 Å². The van der Waals surface area contributed by atoms with E-state index in [-0.39, 0.29) is 29.4 Å². The molecule has 154 valence electrons. The molecule has 7 heteroatoms. The Balaban J connectivity index is 1.46. The lowest BCUT2D eigenvalue weighted by Gasteiger charge is -2.35. The molecule has 1 aliphatic carbocycles. The number of carbonyl (C=O) groups excluding carboxylic acids is 1. The number of aromatic amines is 1. The van der Waals surface area contributed by atoms with E-state index in [0.717, 1.165) is 16.9 Å². The number of likely N-dealkylation sites (tertiary alicyclic amines) is 1. The number of aromatic nitrogens is 2. The van der Waals surface area contributed by atoms with Crippen molar-refractivity contribution >= 4 is 5.91 Å². The Kier molecular flexibility index (Phi) is 5.17. The molecule has 4 atom stereocenters. The summed E-state index contributed by atoms with van der Waals surface area (Å²) in [7, 11) is 0. The lowest BCUT2D eigenvalue weighted by molar-refractivity contribution is -0.0231. The first-order valence-corrected chi connectivity index (χ1v) is 10.1. The van der Waals surface area contributed by atoms with Crippen LogP contribution in [0.15, 0.2) is 29.2 Å². The van der Waals surface area contributed by atoms with Crippen molar-refractivity contribution in [2.45, 2.75) is 45.8 Å². The van der Waals surface area contributed by atoms with Gasteiger partial charge in [-0.2, -0.15) is 0 Å². The van der Waals surface area contributed by atoms with Gasteiger partial charge >= 0.3 is 0 Å². The Morgan fingerprint density at radius 1 is 1.14 bits per heavy atom. The molecule has 1 saturated heterocycles. The molecular formula is C22H27N3O4. The molecule has 7 nitrogen and oxygen atoms in total. The van der Waals surface area contributed by atoms with Crippen LogP contribution in [0.2, 0.25) is 0 Å². The van der Waals surface area contributed by atoms with Gasteiger partial charge in [0, 0.05) is 19.3 Å². The van der Waals surface area contributed by atoms with Gasteiger partial charge in [0.05, 0.1) is 6.10 Å². The number of aliphatic hydroxyl groups is 1. The zero-order chi connectivity index (χ0) is 20.7. The summed E-state index contributed by atoms with van der Waals surface area (Å²) in [4.78, 5) is 33.3. The van der Waals surface area contributed by atoms with Crippen LogP contribution in [0.25, 0.3) is 0 Å². The molecule has 4 rings (SSSR count). The van der Waals surface area contributed by atoms with E-state index in [4.69, 9.17) is 4.74 Å². The van der Waals surface area contributed by atoms with Crippen LogP contribution in [-0.2, 0) is 0 Å². The number of fused-ring (bicyclic) bond motifs is 1. The fourth-order valence-corrected chi connectivity index (χ4v) is 4.67. The van der Waals surface area contributed by atoms with Gasteiger partial charge in [-0.1, -0.05) is 6.07 Å². The molecule has 2 aromatic rings. The number of rotatable bonds is 3. The van der Waals surface area contributed by atoms with E-state index < -0.39 is 11.7 Å². The summed E-state index contributed by atoms with van der Waals surface area (Å²) in [6, 6.07) is 6.04. The van der Waals surface area contributed by atoms with Gasteiger partial charge in [-0.3, -0.25) is 9.59 Å². The fraction of sp³-hybridized carbons (Fsp3) is 0.500. The van der Waals surface area contributed by atoms with E-state index in [1.165, 1.54) is 6.20 Å². The minimum atomic E-state index is -0.573. The van der Waals surface area contributed by atoms with Crippen LogP contribution in [0.1, 0.15) is 40.2 Å². The number of nitrogens with one attached hydrogen (secondary N) is 1. The van der Waals surface area contributed by atoms with Crippen molar-refractivity contribution in [2.75, 3.05) is 13.1 Å². The third kappa shape index (κ3) is 4.05. The second-order valence-corrected chi connectivity index (χ2v) is 8.46. The molecule has 1 aromatic heterocycles. The number of hydrogen-bond acceptors (Lipinski definition) is 5. The van der Waals surface area contributed by atoms with E-state index in [1.807, 2.05) is 26.0 Å². The maximum atomic E-state index is 12.8. The molecule has 2 aliphatic rings. The number of amides is 1. The zero-order valence-corrected chi connectivity index (χ0v) is 17.0. The van der Waals surface area contributed by atoms with Crippen molar-refractivity contribution < 1.29 is 14.6 Å². The average molecular weight is 397 g/mol. The highest BCUT2D eigenvalue weighted by Crippen LogP contribution is 2.38. The number of benzene rings is 1. The van der Waals surface area contributed by atoms with E-state index in [9.17, 15) is 14.7 Å². The summed E-state index contributed by atoms with van der Waals surface area (Å²) in [5.74, 6) is 1.42. The van der Waals surface area contributed by atoms with Gasteiger partial charge in [-0.15, -0.1) is 0 Å². The number of nitrogens with zero attached hydrogens (tertiary/aromatic N) is 2. The zero-order valence-electron chi connectivity index (χ0n) is 17.0. The molecule has 0 radical (unpaired) electrons. The number of hydrogen-bond donors (Lipinski definition) is 2. The van der Waals surface area contributed by atoms with Crippen LogP contribution in [0, 0.1) is 32.6 Å². The fourth-order valence-electron chi connectivity index (χ4n) is 4.67. The Hall–Kier alpha value is -2.67. The first kappa shape index (κ1) is 19.6. The first-order valence-electron chi connectivity index (χ1n) is 10.1. The van der Waals surface area contributed by atoms with Crippen LogP contribution < -0.4 is 10.3 Å². The van der Waals surface area contributed by atoms with Crippen LogP contribution in [0.4, 0.5) is 0 Å². The summed E-state index contributed by atoms with van der Waals surface area (Å²) < 4.78 is 6.13. The molecule has 1 aliphatic heterocycles. The Morgan fingerprint density at radius 2 is 1.79 bits per heavy atom. The quantitative estimate of drug-likeness (QED) is 0.826. The normalized spacial score (nSPS) is 26.3. The third-order valence-electron chi connectivity index (χ3n) is 6.01.